The van der Waals surface area contributed by atoms with E-state index in [1.807, 2.05) is 0 Å². The molecule has 21 heavy (non-hydrogen) atoms. The van der Waals surface area contributed by atoms with Crippen molar-refractivity contribution in [2.75, 3.05) is 32.0 Å². The molecule has 1 spiro atoms. The van der Waals surface area contributed by atoms with Crippen molar-refractivity contribution in [2.45, 2.75) is 18.6 Å². The second-order valence-corrected chi connectivity index (χ2v) is 5.26. The van der Waals surface area contributed by atoms with Gasteiger partial charge in [0.25, 0.3) is 5.91 Å². The highest BCUT2D eigenvalue weighted by atomic mass is 19.1. The number of nitrogens with two attached hydrogens (primary N) is 1. The maximum absolute atomic E-state index is 14.0. The molecule has 0 radical (unpaired) electrons. The van der Waals surface area contributed by atoms with E-state index in [-0.39, 0.29) is 12.2 Å². The highest BCUT2D eigenvalue weighted by Crippen LogP contribution is 2.31. The van der Waals surface area contributed by atoms with Crippen LogP contribution in [-0.4, -0.2) is 42.9 Å². The number of likely N-dealkylation sites (tertiary alicyclic amines) is 1. The minimum atomic E-state index is -1.02. The number of carbonyl (C=O) groups excluding carboxylic acids is 1. The average Bonchev–Trinajstić information content (AvgIpc) is 2.91. The monoisotopic (exact) mass is 298 g/mol. The van der Waals surface area contributed by atoms with Gasteiger partial charge in [-0.3, -0.25) is 4.79 Å². The normalized spacial score (nSPS) is 21.0. The van der Waals surface area contributed by atoms with Gasteiger partial charge in [0.2, 0.25) is 0 Å². The molecule has 7 heteroatoms. The number of piperidine rings is 1. The lowest BCUT2D eigenvalue weighted by Crippen LogP contribution is -2.51. The second kappa shape index (κ2) is 5.23. The summed E-state index contributed by atoms with van der Waals surface area (Å²) in [5.41, 5.74) is 4.54. The molecule has 0 atom stereocenters. The van der Waals surface area contributed by atoms with Gasteiger partial charge in [-0.15, -0.1) is 0 Å². The van der Waals surface area contributed by atoms with Crippen LogP contribution in [-0.2, 0) is 9.47 Å². The molecule has 2 N–H and O–H groups in total. The maximum Gasteiger partial charge on any atom is 0.260 e. The highest BCUT2D eigenvalue weighted by molar-refractivity contribution is 5.95. The summed E-state index contributed by atoms with van der Waals surface area (Å²) in [4.78, 5) is 13.8. The van der Waals surface area contributed by atoms with E-state index in [1.54, 1.807) is 0 Å². The topological polar surface area (TPSA) is 64.8 Å². The van der Waals surface area contributed by atoms with Gasteiger partial charge in [-0.1, -0.05) is 0 Å². The molecule has 3 rings (SSSR count). The van der Waals surface area contributed by atoms with E-state index in [1.165, 1.54) is 4.90 Å². The molecule has 0 aromatic heterocycles. The summed E-state index contributed by atoms with van der Waals surface area (Å²) in [6.07, 6.45) is 1.32. The molecule has 1 aromatic rings. The van der Waals surface area contributed by atoms with Gasteiger partial charge in [-0.2, -0.15) is 0 Å². The molecular weight excluding hydrogens is 282 g/mol. The predicted molar refractivity (Wildman–Crippen MR) is 70.5 cm³/mol. The molecule has 0 unspecified atom stereocenters. The molecule has 2 fully saturated rings. The lowest BCUT2D eigenvalue weighted by atomic mass is 10.0. The summed E-state index contributed by atoms with van der Waals surface area (Å²) in [6.45, 7) is 1.49. The van der Waals surface area contributed by atoms with Gasteiger partial charge in [-0.05, 0) is 18.6 Å². The van der Waals surface area contributed by atoms with Crippen molar-refractivity contribution in [1.82, 2.24) is 4.90 Å². The second-order valence-electron chi connectivity index (χ2n) is 5.26. The lowest BCUT2D eigenvalue weighted by molar-refractivity contribution is -0.183. The van der Waals surface area contributed by atoms with Crippen LogP contribution in [0.1, 0.15) is 23.2 Å². The van der Waals surface area contributed by atoms with E-state index in [4.69, 9.17) is 15.2 Å². The van der Waals surface area contributed by atoms with Crippen LogP contribution in [0.3, 0.4) is 0 Å². The number of benzene rings is 1. The zero-order valence-corrected chi connectivity index (χ0v) is 11.4. The van der Waals surface area contributed by atoms with Crippen LogP contribution in [0.25, 0.3) is 0 Å². The fraction of sp³-hybridized carbons (Fsp3) is 0.500. The van der Waals surface area contributed by atoms with Gasteiger partial charge in [0, 0.05) is 13.0 Å². The molecular formula is C14H16F2N2O3. The van der Waals surface area contributed by atoms with Crippen LogP contribution in [0.15, 0.2) is 12.1 Å². The van der Waals surface area contributed by atoms with E-state index in [0.29, 0.717) is 32.6 Å². The zero-order valence-electron chi connectivity index (χ0n) is 11.4. The van der Waals surface area contributed by atoms with Crippen LogP contribution >= 0.6 is 0 Å². The van der Waals surface area contributed by atoms with Crippen LogP contribution in [0, 0.1) is 11.6 Å². The number of hydrogen-bond acceptors (Lipinski definition) is 4. The van der Waals surface area contributed by atoms with E-state index in [9.17, 15) is 13.6 Å². The predicted octanol–water partition coefficient (Wildman–Crippen LogP) is 1.53. The number of carbonyl (C=O) groups is 1. The Hall–Kier alpha value is -1.73. The smallest absolute Gasteiger partial charge is 0.260 e. The number of nitrogens with zero attached hydrogens (tertiary/aromatic N) is 1. The van der Waals surface area contributed by atoms with Crippen molar-refractivity contribution in [3.05, 3.63) is 29.3 Å². The van der Waals surface area contributed by atoms with Gasteiger partial charge in [-0.25, -0.2) is 8.78 Å². The summed E-state index contributed by atoms with van der Waals surface area (Å²) in [5, 5.41) is 0. The minimum Gasteiger partial charge on any atom is -0.396 e. The minimum absolute atomic E-state index is 0.166. The Labute approximate surface area is 120 Å². The molecule has 0 aliphatic carbocycles. The molecule has 2 aliphatic rings. The van der Waals surface area contributed by atoms with Gasteiger partial charge in [0.1, 0.15) is 11.4 Å². The molecule has 2 heterocycles. The summed E-state index contributed by atoms with van der Waals surface area (Å²) >= 11 is 0. The van der Waals surface area contributed by atoms with Crippen molar-refractivity contribution in [3.63, 3.8) is 0 Å². The van der Waals surface area contributed by atoms with Crippen molar-refractivity contribution < 1.29 is 23.0 Å². The molecule has 1 aromatic carbocycles. The lowest BCUT2D eigenvalue weighted by Gasteiger charge is -2.38. The Morgan fingerprint density at radius 2 is 2.00 bits per heavy atom. The maximum atomic E-state index is 14.0. The largest absolute Gasteiger partial charge is 0.396 e. The number of amides is 1. The first-order valence-electron chi connectivity index (χ1n) is 6.83. The molecule has 114 valence electrons. The summed E-state index contributed by atoms with van der Waals surface area (Å²) < 4.78 is 38.9. The number of halogens is 2. The van der Waals surface area contributed by atoms with Crippen LogP contribution in [0.2, 0.25) is 0 Å². The van der Waals surface area contributed by atoms with Crippen molar-refractivity contribution in [1.29, 1.82) is 0 Å². The van der Waals surface area contributed by atoms with Gasteiger partial charge in [0.05, 0.1) is 25.4 Å². The number of anilines is 1. The molecule has 0 bridgehead atoms. The first-order chi connectivity index (χ1) is 10.0. The molecule has 0 saturated carbocycles. The molecule has 5 nitrogen and oxygen atoms in total. The third-order valence-corrected chi connectivity index (χ3v) is 3.85. The first kappa shape index (κ1) is 14.2. The van der Waals surface area contributed by atoms with Gasteiger partial charge >= 0.3 is 0 Å². The molecule has 2 aliphatic heterocycles. The highest BCUT2D eigenvalue weighted by Gasteiger charge is 2.42. The SMILES string of the molecule is Nc1ccc(F)c(C(=O)N2CCCC3(C2)OCCO3)c1F. The summed E-state index contributed by atoms with van der Waals surface area (Å²) in [6, 6.07) is 2.09. The van der Waals surface area contributed by atoms with Crippen LogP contribution in [0.4, 0.5) is 14.5 Å². The fourth-order valence-corrected chi connectivity index (χ4v) is 2.82. The van der Waals surface area contributed by atoms with Crippen molar-refractivity contribution >= 4 is 11.6 Å². The van der Waals surface area contributed by atoms with Crippen LogP contribution < -0.4 is 5.73 Å². The quantitative estimate of drug-likeness (QED) is 0.799. The van der Waals surface area contributed by atoms with Crippen LogP contribution in [0.5, 0.6) is 0 Å². The summed E-state index contributed by atoms with van der Waals surface area (Å²) in [5.74, 6) is -3.50. The van der Waals surface area contributed by atoms with Gasteiger partial charge < -0.3 is 20.1 Å². The number of rotatable bonds is 1. The summed E-state index contributed by atoms with van der Waals surface area (Å²) in [7, 11) is 0. The third-order valence-electron chi connectivity index (χ3n) is 3.85. The Kier molecular flexibility index (Phi) is 3.54. The number of ether oxygens (including phenoxy) is 2. The van der Waals surface area contributed by atoms with Crippen molar-refractivity contribution in [2.24, 2.45) is 0 Å². The number of nitrogen functional groups attached to an aromatic ring is 1. The fourth-order valence-electron chi connectivity index (χ4n) is 2.82. The molecule has 2 saturated heterocycles. The Balaban J connectivity index is 1.87. The van der Waals surface area contributed by atoms with E-state index in [2.05, 4.69) is 0 Å². The van der Waals surface area contributed by atoms with Gasteiger partial charge in [0.15, 0.2) is 11.6 Å². The molecule has 1 amide bonds. The van der Waals surface area contributed by atoms with E-state index < -0.39 is 28.9 Å². The zero-order chi connectivity index (χ0) is 15.0. The Bertz CT molecular complexity index is 574. The Morgan fingerprint density at radius 3 is 2.71 bits per heavy atom. The first-order valence-corrected chi connectivity index (χ1v) is 6.83. The average molecular weight is 298 g/mol. The van der Waals surface area contributed by atoms with E-state index >= 15 is 0 Å². The Morgan fingerprint density at radius 1 is 1.29 bits per heavy atom. The van der Waals surface area contributed by atoms with Crippen molar-refractivity contribution in [3.8, 4) is 0 Å². The third kappa shape index (κ3) is 2.47. The number of hydrogen-bond donors (Lipinski definition) is 1. The van der Waals surface area contributed by atoms with E-state index in [0.717, 1.165) is 12.1 Å². The standard InChI is InChI=1S/C14H16F2N2O3/c15-9-2-3-10(17)12(16)11(9)13(19)18-5-1-4-14(8-18)20-6-7-21-14/h2-3H,1,4-8,17H2.